The second-order valence-electron chi connectivity index (χ2n) is 2.20. The van der Waals surface area contributed by atoms with E-state index >= 15 is 0 Å². The van der Waals surface area contributed by atoms with Crippen LogP contribution in [0.3, 0.4) is 0 Å². The zero-order valence-electron chi connectivity index (χ0n) is 7.47. The molecule has 0 aromatic heterocycles. The molecule has 0 fully saturated rings. The van der Waals surface area contributed by atoms with Gasteiger partial charge in [-0.1, -0.05) is 6.92 Å². The predicted molar refractivity (Wildman–Crippen MR) is 45.6 cm³/mol. The first-order valence-electron chi connectivity index (χ1n) is 4.13. The lowest BCUT2D eigenvalue weighted by molar-refractivity contribution is 0.178. The number of halogens is 1. The zero-order chi connectivity index (χ0) is 8.69. The Balaban J connectivity index is 3.66. The van der Waals surface area contributed by atoms with Gasteiger partial charge in [-0.25, -0.2) is 4.39 Å². The fraction of sp³-hybridized carbons (Fsp3) is 1.00. The minimum Gasteiger partial charge on any atom is -0.395 e. The molecule has 0 N–H and O–H groups in total. The molecule has 0 aliphatic rings. The highest BCUT2D eigenvalue weighted by Crippen LogP contribution is 2.05. The molecule has 0 aromatic carbocycles. The standard InChI is InChI=1S/C7H17FO2Si/c1-4-7(8)11(9-5-2)10-6-3/h7,11H,4-6H2,1-3H3. The van der Waals surface area contributed by atoms with E-state index in [9.17, 15) is 4.39 Å². The largest absolute Gasteiger partial charge is 0.395 e. The molecule has 2 nitrogen and oxygen atoms in total. The number of hydrogen-bond donors (Lipinski definition) is 0. The summed E-state index contributed by atoms with van der Waals surface area (Å²) in [7, 11) is -1.99. The summed E-state index contributed by atoms with van der Waals surface area (Å²) < 4.78 is 23.3. The quantitative estimate of drug-likeness (QED) is 0.578. The van der Waals surface area contributed by atoms with Crippen molar-refractivity contribution in [1.82, 2.24) is 0 Å². The first-order chi connectivity index (χ1) is 5.26. The van der Waals surface area contributed by atoms with Gasteiger partial charge in [-0.2, -0.15) is 0 Å². The van der Waals surface area contributed by atoms with E-state index in [-0.39, 0.29) is 0 Å². The first-order valence-corrected chi connectivity index (χ1v) is 5.74. The molecule has 11 heavy (non-hydrogen) atoms. The Morgan fingerprint density at radius 2 is 1.64 bits per heavy atom. The van der Waals surface area contributed by atoms with E-state index in [1.165, 1.54) is 0 Å². The highest BCUT2D eigenvalue weighted by molar-refractivity contribution is 6.46. The maximum absolute atomic E-state index is 13.0. The van der Waals surface area contributed by atoms with Crippen LogP contribution in [-0.4, -0.2) is 28.3 Å². The summed E-state index contributed by atoms with van der Waals surface area (Å²) in [5, 5.41) is 0. The number of hydrogen-bond acceptors (Lipinski definition) is 2. The molecule has 0 bridgehead atoms. The molecular formula is C7H17FO2Si. The Morgan fingerprint density at radius 1 is 1.18 bits per heavy atom. The van der Waals surface area contributed by atoms with Crippen molar-refractivity contribution in [1.29, 1.82) is 0 Å². The van der Waals surface area contributed by atoms with Crippen molar-refractivity contribution >= 4 is 9.28 Å². The smallest absolute Gasteiger partial charge is 0.356 e. The molecule has 0 aliphatic carbocycles. The van der Waals surface area contributed by atoms with E-state index in [1.54, 1.807) is 0 Å². The Kier molecular flexibility index (Phi) is 6.80. The summed E-state index contributed by atoms with van der Waals surface area (Å²) in [6, 6.07) is 0. The molecule has 0 saturated carbocycles. The third-order valence-electron chi connectivity index (χ3n) is 1.35. The van der Waals surface area contributed by atoms with Crippen molar-refractivity contribution in [2.45, 2.75) is 33.0 Å². The molecular weight excluding hydrogens is 163 g/mol. The average Bonchev–Trinajstić information content (AvgIpc) is 2.03. The van der Waals surface area contributed by atoms with E-state index in [1.807, 2.05) is 20.8 Å². The summed E-state index contributed by atoms with van der Waals surface area (Å²) in [5.41, 5.74) is 0. The summed E-state index contributed by atoms with van der Waals surface area (Å²) in [6.07, 6.45) is 0.497. The van der Waals surface area contributed by atoms with Crippen LogP contribution in [0.15, 0.2) is 0 Å². The highest BCUT2D eigenvalue weighted by atomic mass is 28.3. The van der Waals surface area contributed by atoms with Gasteiger partial charge in [0.15, 0.2) is 0 Å². The second-order valence-corrected chi connectivity index (χ2v) is 4.33. The molecule has 0 aromatic rings. The van der Waals surface area contributed by atoms with Gasteiger partial charge in [0.1, 0.15) is 5.79 Å². The summed E-state index contributed by atoms with van der Waals surface area (Å²) in [5.74, 6) is -0.866. The van der Waals surface area contributed by atoms with Crippen molar-refractivity contribution in [2.24, 2.45) is 0 Å². The van der Waals surface area contributed by atoms with Crippen molar-refractivity contribution < 1.29 is 13.2 Å². The van der Waals surface area contributed by atoms with Gasteiger partial charge < -0.3 is 8.85 Å². The number of alkyl halides is 1. The lowest BCUT2D eigenvalue weighted by Crippen LogP contribution is -2.34. The molecule has 0 radical (unpaired) electrons. The third kappa shape index (κ3) is 4.50. The normalized spacial score (nSPS) is 13.9. The fourth-order valence-corrected chi connectivity index (χ4v) is 2.33. The van der Waals surface area contributed by atoms with Gasteiger partial charge in [0.2, 0.25) is 0 Å². The SMILES string of the molecule is CCO[SiH](OCC)C(F)CC. The van der Waals surface area contributed by atoms with Crippen molar-refractivity contribution in [3.8, 4) is 0 Å². The van der Waals surface area contributed by atoms with E-state index in [0.29, 0.717) is 19.6 Å². The molecule has 0 amide bonds. The maximum Gasteiger partial charge on any atom is 0.356 e. The van der Waals surface area contributed by atoms with Gasteiger partial charge in [0, 0.05) is 13.2 Å². The molecule has 4 heteroatoms. The van der Waals surface area contributed by atoms with Crippen LogP contribution in [0.25, 0.3) is 0 Å². The van der Waals surface area contributed by atoms with Crippen LogP contribution in [0.4, 0.5) is 4.39 Å². The first kappa shape index (κ1) is 11.1. The van der Waals surface area contributed by atoms with Crippen LogP contribution < -0.4 is 0 Å². The van der Waals surface area contributed by atoms with Gasteiger partial charge in [0.25, 0.3) is 0 Å². The van der Waals surface area contributed by atoms with Gasteiger partial charge >= 0.3 is 9.28 Å². The van der Waals surface area contributed by atoms with Crippen molar-refractivity contribution in [2.75, 3.05) is 13.2 Å². The summed E-state index contributed by atoms with van der Waals surface area (Å²) >= 11 is 0. The molecule has 1 atom stereocenters. The molecule has 0 spiro atoms. The molecule has 0 heterocycles. The average molecular weight is 180 g/mol. The Bertz CT molecular complexity index is 86.5. The highest BCUT2D eigenvalue weighted by Gasteiger charge is 2.23. The van der Waals surface area contributed by atoms with Gasteiger partial charge in [-0.05, 0) is 20.3 Å². The molecule has 0 saturated heterocycles. The van der Waals surface area contributed by atoms with E-state index in [0.717, 1.165) is 0 Å². The Labute approximate surface area is 69.5 Å². The molecule has 0 aliphatic heterocycles. The summed E-state index contributed by atoms with van der Waals surface area (Å²) in [6.45, 7) is 6.64. The minimum absolute atomic E-state index is 0.497. The van der Waals surface area contributed by atoms with Gasteiger partial charge in [0.05, 0.1) is 0 Å². The number of rotatable bonds is 6. The van der Waals surface area contributed by atoms with Crippen LogP contribution >= 0.6 is 0 Å². The van der Waals surface area contributed by atoms with Crippen LogP contribution in [0.5, 0.6) is 0 Å². The Morgan fingerprint density at radius 3 is 1.91 bits per heavy atom. The van der Waals surface area contributed by atoms with Gasteiger partial charge in [-0.15, -0.1) is 0 Å². The monoisotopic (exact) mass is 180 g/mol. The lowest BCUT2D eigenvalue weighted by Gasteiger charge is -2.16. The van der Waals surface area contributed by atoms with E-state index < -0.39 is 15.1 Å². The van der Waals surface area contributed by atoms with Crippen LogP contribution in [0.2, 0.25) is 0 Å². The van der Waals surface area contributed by atoms with Crippen molar-refractivity contribution in [3.05, 3.63) is 0 Å². The predicted octanol–water partition coefficient (Wildman–Crippen LogP) is 1.57. The maximum atomic E-state index is 13.0. The molecule has 1 unspecified atom stereocenters. The lowest BCUT2D eigenvalue weighted by atomic mass is 10.5. The van der Waals surface area contributed by atoms with Crippen molar-refractivity contribution in [3.63, 3.8) is 0 Å². The second kappa shape index (κ2) is 6.76. The van der Waals surface area contributed by atoms with Crippen LogP contribution in [0.1, 0.15) is 27.2 Å². The summed E-state index contributed by atoms with van der Waals surface area (Å²) in [4.78, 5) is 0. The van der Waals surface area contributed by atoms with E-state index in [4.69, 9.17) is 8.85 Å². The topological polar surface area (TPSA) is 18.5 Å². The minimum atomic E-state index is -1.99. The van der Waals surface area contributed by atoms with Crippen LogP contribution in [0, 0.1) is 0 Å². The zero-order valence-corrected chi connectivity index (χ0v) is 8.63. The molecule has 68 valence electrons. The fourth-order valence-electron chi connectivity index (χ4n) is 0.778. The van der Waals surface area contributed by atoms with Crippen LogP contribution in [-0.2, 0) is 8.85 Å². The third-order valence-corrected chi connectivity index (χ3v) is 3.73. The van der Waals surface area contributed by atoms with E-state index in [2.05, 4.69) is 0 Å². The molecule has 0 rings (SSSR count). The van der Waals surface area contributed by atoms with Gasteiger partial charge in [-0.3, -0.25) is 0 Å². The Hall–Kier alpha value is 0.0669.